The van der Waals surface area contributed by atoms with E-state index < -0.39 is 17.7 Å². The highest BCUT2D eigenvalue weighted by Gasteiger charge is 2.31. The number of ether oxygens (including phenoxy) is 1. The second-order valence-corrected chi connectivity index (χ2v) is 5.46. The maximum atomic E-state index is 13.1. The molecule has 0 N–H and O–H groups in total. The fraction of sp³-hybridized carbons (Fsp3) is 0.222. The molecule has 0 bridgehead atoms. The SMILES string of the molecule is CCOC(=O)c1cc2ccc(C(F)(F)F)cc2n1Cc1ccncc1. The third-order valence-corrected chi connectivity index (χ3v) is 3.81. The Labute approximate surface area is 141 Å². The number of carbonyl (C=O) groups is 1. The van der Waals surface area contributed by atoms with Crippen molar-refractivity contribution < 1.29 is 22.7 Å². The molecular formula is C18H15F3N2O2. The number of carbonyl (C=O) groups excluding carboxylic acids is 1. The number of aromatic nitrogens is 2. The minimum atomic E-state index is -4.45. The molecule has 0 aliphatic rings. The summed E-state index contributed by atoms with van der Waals surface area (Å²) in [5.41, 5.74) is 0.600. The zero-order valence-electron chi connectivity index (χ0n) is 13.4. The number of nitrogens with zero attached hydrogens (tertiary/aromatic N) is 2. The highest BCUT2D eigenvalue weighted by atomic mass is 19.4. The van der Waals surface area contributed by atoms with Crippen molar-refractivity contribution in [2.45, 2.75) is 19.6 Å². The first-order chi connectivity index (χ1) is 11.9. The number of rotatable bonds is 4. The van der Waals surface area contributed by atoms with E-state index in [9.17, 15) is 18.0 Å². The van der Waals surface area contributed by atoms with Gasteiger partial charge in [0.15, 0.2) is 0 Å². The van der Waals surface area contributed by atoms with Crippen LogP contribution >= 0.6 is 0 Å². The van der Waals surface area contributed by atoms with Crippen LogP contribution in [0.25, 0.3) is 10.9 Å². The summed E-state index contributed by atoms with van der Waals surface area (Å²) in [5.74, 6) is -0.568. The molecule has 3 aromatic rings. The Hall–Kier alpha value is -2.83. The molecule has 25 heavy (non-hydrogen) atoms. The quantitative estimate of drug-likeness (QED) is 0.661. The molecule has 0 saturated heterocycles. The molecule has 2 heterocycles. The van der Waals surface area contributed by atoms with Gasteiger partial charge in [-0.25, -0.2) is 4.79 Å². The van der Waals surface area contributed by atoms with Crippen molar-refractivity contribution in [3.8, 4) is 0 Å². The third kappa shape index (κ3) is 3.50. The first kappa shape index (κ1) is 17.0. The molecule has 0 atom stereocenters. The first-order valence-corrected chi connectivity index (χ1v) is 7.66. The highest BCUT2D eigenvalue weighted by Crippen LogP contribution is 2.33. The molecule has 130 valence electrons. The van der Waals surface area contributed by atoms with E-state index in [0.29, 0.717) is 10.9 Å². The van der Waals surface area contributed by atoms with Gasteiger partial charge in [0, 0.05) is 29.8 Å². The summed E-state index contributed by atoms with van der Waals surface area (Å²) in [6, 6.07) is 8.47. The van der Waals surface area contributed by atoms with Crippen LogP contribution in [0.5, 0.6) is 0 Å². The van der Waals surface area contributed by atoms with Crippen molar-refractivity contribution in [3.05, 3.63) is 65.6 Å². The number of halogens is 3. The maximum absolute atomic E-state index is 13.1. The van der Waals surface area contributed by atoms with Gasteiger partial charge in [-0.15, -0.1) is 0 Å². The lowest BCUT2D eigenvalue weighted by atomic mass is 10.1. The van der Waals surface area contributed by atoms with Crippen LogP contribution < -0.4 is 0 Å². The van der Waals surface area contributed by atoms with E-state index >= 15 is 0 Å². The van der Waals surface area contributed by atoms with Crippen LogP contribution in [0.4, 0.5) is 13.2 Å². The number of alkyl halides is 3. The van der Waals surface area contributed by atoms with Crippen LogP contribution in [-0.2, 0) is 17.5 Å². The number of benzene rings is 1. The average molecular weight is 348 g/mol. The Kier molecular flexibility index (Phi) is 4.48. The minimum Gasteiger partial charge on any atom is -0.461 e. The number of esters is 1. The molecule has 0 saturated carbocycles. The minimum absolute atomic E-state index is 0.184. The van der Waals surface area contributed by atoms with Gasteiger partial charge in [-0.1, -0.05) is 6.07 Å². The van der Waals surface area contributed by atoms with Crippen molar-refractivity contribution in [2.75, 3.05) is 6.61 Å². The van der Waals surface area contributed by atoms with Crippen molar-refractivity contribution in [1.82, 2.24) is 9.55 Å². The fourth-order valence-corrected chi connectivity index (χ4v) is 2.65. The Balaban J connectivity index is 2.16. The normalized spacial score (nSPS) is 11.7. The van der Waals surface area contributed by atoms with Crippen LogP contribution in [-0.4, -0.2) is 22.1 Å². The smallest absolute Gasteiger partial charge is 0.416 e. The zero-order valence-corrected chi connectivity index (χ0v) is 13.4. The van der Waals surface area contributed by atoms with Crippen LogP contribution in [0.2, 0.25) is 0 Å². The Morgan fingerprint density at radius 3 is 2.52 bits per heavy atom. The molecule has 0 aliphatic heterocycles. The molecule has 2 aromatic heterocycles. The van der Waals surface area contributed by atoms with Gasteiger partial charge in [0.25, 0.3) is 0 Å². The number of hydrogen-bond acceptors (Lipinski definition) is 3. The van der Waals surface area contributed by atoms with Gasteiger partial charge < -0.3 is 9.30 Å². The molecule has 0 unspecified atom stereocenters. The van der Waals surface area contributed by atoms with E-state index in [-0.39, 0.29) is 18.8 Å². The zero-order chi connectivity index (χ0) is 18.0. The van der Waals surface area contributed by atoms with Gasteiger partial charge in [0.2, 0.25) is 0 Å². The fourth-order valence-electron chi connectivity index (χ4n) is 2.65. The summed E-state index contributed by atoms with van der Waals surface area (Å²) >= 11 is 0. The van der Waals surface area contributed by atoms with Crippen molar-refractivity contribution >= 4 is 16.9 Å². The van der Waals surface area contributed by atoms with Crippen molar-refractivity contribution in [3.63, 3.8) is 0 Å². The highest BCUT2D eigenvalue weighted by molar-refractivity contribution is 5.96. The summed E-state index contributed by atoms with van der Waals surface area (Å²) in [7, 11) is 0. The molecule has 7 heteroatoms. The summed E-state index contributed by atoms with van der Waals surface area (Å²) in [6.45, 7) is 2.10. The van der Waals surface area contributed by atoms with E-state index in [1.165, 1.54) is 10.6 Å². The van der Waals surface area contributed by atoms with Crippen molar-refractivity contribution in [2.24, 2.45) is 0 Å². The third-order valence-electron chi connectivity index (χ3n) is 3.81. The van der Waals surface area contributed by atoms with Gasteiger partial charge in [0.05, 0.1) is 12.2 Å². The molecule has 0 aliphatic carbocycles. The lowest BCUT2D eigenvalue weighted by Crippen LogP contribution is -2.13. The molecule has 1 aromatic carbocycles. The van der Waals surface area contributed by atoms with Gasteiger partial charge in [-0.3, -0.25) is 4.98 Å². The van der Waals surface area contributed by atoms with Gasteiger partial charge >= 0.3 is 12.1 Å². The Morgan fingerprint density at radius 1 is 1.16 bits per heavy atom. The van der Waals surface area contributed by atoms with Crippen molar-refractivity contribution in [1.29, 1.82) is 0 Å². The topological polar surface area (TPSA) is 44.1 Å². The summed E-state index contributed by atoms with van der Waals surface area (Å²) in [4.78, 5) is 16.2. The second-order valence-electron chi connectivity index (χ2n) is 5.46. The van der Waals surface area contributed by atoms with E-state index in [0.717, 1.165) is 17.7 Å². The largest absolute Gasteiger partial charge is 0.461 e. The molecule has 0 spiro atoms. The molecule has 4 nitrogen and oxygen atoms in total. The van der Waals surface area contributed by atoms with Gasteiger partial charge in [-0.2, -0.15) is 13.2 Å². The molecular weight excluding hydrogens is 333 g/mol. The second kappa shape index (κ2) is 6.58. The van der Waals surface area contributed by atoms with E-state index in [1.807, 2.05) is 0 Å². The van der Waals surface area contributed by atoms with E-state index in [1.54, 1.807) is 37.5 Å². The molecule has 3 rings (SSSR count). The van der Waals surface area contributed by atoms with E-state index in [2.05, 4.69) is 4.98 Å². The van der Waals surface area contributed by atoms with Gasteiger partial charge in [0.1, 0.15) is 5.69 Å². The van der Waals surface area contributed by atoms with Crippen LogP contribution in [0.15, 0.2) is 48.8 Å². The van der Waals surface area contributed by atoms with Crippen LogP contribution in [0.3, 0.4) is 0 Å². The summed E-state index contributed by atoms with van der Waals surface area (Å²) < 4.78 is 45.7. The molecule has 0 fully saturated rings. The number of hydrogen-bond donors (Lipinski definition) is 0. The summed E-state index contributed by atoms with van der Waals surface area (Å²) in [6.07, 6.45) is -1.28. The van der Waals surface area contributed by atoms with Crippen LogP contribution in [0, 0.1) is 0 Å². The predicted molar refractivity (Wildman–Crippen MR) is 86.2 cm³/mol. The lowest BCUT2D eigenvalue weighted by molar-refractivity contribution is -0.137. The standard InChI is InChI=1S/C18H15F3N2O2/c1-2-25-17(24)16-9-13-3-4-14(18(19,20)21)10-15(13)23(16)11-12-5-7-22-8-6-12/h3-10H,2,11H2,1H3. The Morgan fingerprint density at radius 2 is 1.88 bits per heavy atom. The predicted octanol–water partition coefficient (Wildman–Crippen LogP) is 4.28. The van der Waals surface area contributed by atoms with E-state index in [4.69, 9.17) is 4.74 Å². The van der Waals surface area contributed by atoms with Crippen LogP contribution in [0.1, 0.15) is 28.5 Å². The molecule has 0 amide bonds. The number of pyridine rings is 1. The number of fused-ring (bicyclic) bond motifs is 1. The monoisotopic (exact) mass is 348 g/mol. The molecule has 0 radical (unpaired) electrons. The average Bonchev–Trinajstić information content (AvgIpc) is 2.93. The maximum Gasteiger partial charge on any atom is 0.416 e. The summed E-state index contributed by atoms with van der Waals surface area (Å²) in [5, 5.41) is 0.546. The lowest BCUT2D eigenvalue weighted by Gasteiger charge is -2.12. The van der Waals surface area contributed by atoms with Gasteiger partial charge in [-0.05, 0) is 42.8 Å². The Bertz CT molecular complexity index is 902. The first-order valence-electron chi connectivity index (χ1n) is 7.66.